The molecule has 1 atom stereocenters. The monoisotopic (exact) mass is 274 g/mol. The number of thiazole rings is 1. The molecule has 0 bridgehead atoms. The first-order chi connectivity index (χ1) is 9.37. The molecule has 2 heterocycles. The van der Waals surface area contributed by atoms with Crippen LogP contribution in [-0.2, 0) is 5.54 Å². The molecule has 3 rings (SSSR count). The van der Waals surface area contributed by atoms with Gasteiger partial charge in [0.1, 0.15) is 16.3 Å². The van der Waals surface area contributed by atoms with Crippen LogP contribution in [0.5, 0.6) is 5.75 Å². The lowest BCUT2D eigenvalue weighted by Gasteiger charge is -2.38. The lowest BCUT2D eigenvalue weighted by atomic mass is 9.84. The molecule has 0 saturated carbocycles. The third kappa shape index (κ3) is 2.15. The van der Waals surface area contributed by atoms with Gasteiger partial charge in [-0.2, -0.15) is 0 Å². The number of nitrogens with one attached hydrogen (secondary N) is 1. The highest BCUT2D eigenvalue weighted by atomic mass is 32.1. The standard InChI is InChI=1S/C15H18N2OS/c1-2-8-17-15(14-16-9-11-19-14)7-10-18-13-6-4-3-5-12(13)15/h3-6,9,11,17H,2,7-8,10H2,1H3. The first kappa shape index (κ1) is 12.6. The van der Waals surface area contributed by atoms with Crippen molar-refractivity contribution in [1.29, 1.82) is 0 Å². The molecule has 0 radical (unpaired) electrons. The Morgan fingerprint density at radius 1 is 1.42 bits per heavy atom. The van der Waals surface area contributed by atoms with Crippen molar-refractivity contribution in [2.45, 2.75) is 25.3 Å². The molecule has 1 aliphatic heterocycles. The van der Waals surface area contributed by atoms with E-state index in [2.05, 4.69) is 29.4 Å². The smallest absolute Gasteiger partial charge is 0.124 e. The fourth-order valence-corrected chi connectivity index (χ4v) is 3.51. The van der Waals surface area contributed by atoms with Crippen molar-refractivity contribution in [3.8, 4) is 5.75 Å². The second-order valence-corrected chi connectivity index (χ2v) is 5.66. The molecule has 4 heteroatoms. The van der Waals surface area contributed by atoms with Gasteiger partial charge in [0.15, 0.2) is 0 Å². The average Bonchev–Trinajstić information content (AvgIpc) is 3.00. The number of hydrogen-bond acceptors (Lipinski definition) is 4. The van der Waals surface area contributed by atoms with Crippen LogP contribution in [0, 0.1) is 0 Å². The zero-order valence-corrected chi connectivity index (χ0v) is 11.9. The van der Waals surface area contributed by atoms with E-state index in [1.54, 1.807) is 11.3 Å². The van der Waals surface area contributed by atoms with E-state index in [1.807, 2.05) is 23.7 Å². The lowest BCUT2D eigenvalue weighted by Crippen LogP contribution is -2.47. The molecule has 0 saturated heterocycles. The summed E-state index contributed by atoms with van der Waals surface area (Å²) in [4.78, 5) is 4.56. The van der Waals surface area contributed by atoms with Crippen LogP contribution in [0.25, 0.3) is 0 Å². The summed E-state index contributed by atoms with van der Waals surface area (Å²) in [6.45, 7) is 3.90. The molecule has 19 heavy (non-hydrogen) atoms. The van der Waals surface area contributed by atoms with E-state index >= 15 is 0 Å². The van der Waals surface area contributed by atoms with Crippen LogP contribution in [0.1, 0.15) is 30.3 Å². The third-order valence-corrected chi connectivity index (χ3v) is 4.49. The van der Waals surface area contributed by atoms with Crippen molar-refractivity contribution in [3.05, 3.63) is 46.4 Å². The Labute approximate surface area is 117 Å². The molecule has 100 valence electrons. The average molecular weight is 274 g/mol. The molecule has 1 aliphatic rings. The normalized spacial score (nSPS) is 21.7. The number of hydrogen-bond donors (Lipinski definition) is 1. The Morgan fingerprint density at radius 3 is 3.11 bits per heavy atom. The summed E-state index contributed by atoms with van der Waals surface area (Å²) in [6.07, 6.45) is 3.92. The molecule has 1 aromatic carbocycles. The largest absolute Gasteiger partial charge is 0.493 e. The molecule has 2 aromatic rings. The highest BCUT2D eigenvalue weighted by molar-refractivity contribution is 7.09. The summed E-state index contributed by atoms with van der Waals surface area (Å²) < 4.78 is 5.79. The van der Waals surface area contributed by atoms with Gasteiger partial charge in [-0.05, 0) is 19.0 Å². The van der Waals surface area contributed by atoms with Crippen LogP contribution in [0.4, 0.5) is 0 Å². The number of fused-ring (bicyclic) bond motifs is 1. The van der Waals surface area contributed by atoms with Gasteiger partial charge in [0.25, 0.3) is 0 Å². The molecule has 0 spiro atoms. The van der Waals surface area contributed by atoms with Crippen molar-refractivity contribution in [2.75, 3.05) is 13.2 Å². The minimum absolute atomic E-state index is 0.182. The van der Waals surface area contributed by atoms with E-state index in [1.165, 1.54) is 5.56 Å². The van der Waals surface area contributed by atoms with Crippen LogP contribution < -0.4 is 10.1 Å². The van der Waals surface area contributed by atoms with Crippen molar-refractivity contribution >= 4 is 11.3 Å². The number of rotatable bonds is 4. The predicted octanol–water partition coefficient (Wildman–Crippen LogP) is 3.17. The van der Waals surface area contributed by atoms with E-state index in [9.17, 15) is 0 Å². The van der Waals surface area contributed by atoms with Gasteiger partial charge in [0.2, 0.25) is 0 Å². The summed E-state index contributed by atoms with van der Waals surface area (Å²) in [6, 6.07) is 8.29. The summed E-state index contributed by atoms with van der Waals surface area (Å²) in [5.74, 6) is 0.979. The summed E-state index contributed by atoms with van der Waals surface area (Å²) >= 11 is 1.71. The number of nitrogens with zero attached hydrogens (tertiary/aromatic N) is 1. The number of benzene rings is 1. The van der Waals surface area contributed by atoms with Crippen LogP contribution in [0.15, 0.2) is 35.8 Å². The Balaban J connectivity index is 2.10. The summed E-state index contributed by atoms with van der Waals surface area (Å²) in [5.41, 5.74) is 1.03. The second kappa shape index (κ2) is 5.31. The summed E-state index contributed by atoms with van der Waals surface area (Å²) in [5, 5.41) is 6.89. The number of para-hydroxylation sites is 1. The zero-order chi connectivity index (χ0) is 13.1. The number of aromatic nitrogens is 1. The highest BCUT2D eigenvalue weighted by Gasteiger charge is 2.40. The van der Waals surface area contributed by atoms with Crippen LogP contribution >= 0.6 is 11.3 Å². The van der Waals surface area contributed by atoms with Crippen molar-refractivity contribution < 1.29 is 4.74 Å². The molecule has 1 aromatic heterocycles. The zero-order valence-electron chi connectivity index (χ0n) is 11.1. The van der Waals surface area contributed by atoms with Crippen molar-refractivity contribution in [1.82, 2.24) is 10.3 Å². The lowest BCUT2D eigenvalue weighted by molar-refractivity contribution is 0.210. The van der Waals surface area contributed by atoms with Crippen LogP contribution in [0.3, 0.4) is 0 Å². The Kier molecular flexibility index (Phi) is 3.53. The van der Waals surface area contributed by atoms with Crippen molar-refractivity contribution in [2.24, 2.45) is 0 Å². The summed E-state index contributed by atoms with van der Waals surface area (Å²) in [7, 11) is 0. The van der Waals surface area contributed by atoms with E-state index in [4.69, 9.17) is 4.74 Å². The Morgan fingerprint density at radius 2 is 2.32 bits per heavy atom. The fourth-order valence-electron chi connectivity index (χ4n) is 2.65. The minimum atomic E-state index is -0.182. The first-order valence-electron chi connectivity index (χ1n) is 6.74. The Hall–Kier alpha value is -1.39. The maximum absolute atomic E-state index is 5.79. The van der Waals surface area contributed by atoms with Gasteiger partial charge in [0, 0.05) is 23.6 Å². The van der Waals surface area contributed by atoms with E-state index in [0.717, 1.165) is 36.8 Å². The third-order valence-electron chi connectivity index (χ3n) is 3.56. The second-order valence-electron chi connectivity index (χ2n) is 4.76. The Bertz CT molecular complexity index is 541. The van der Waals surface area contributed by atoms with Crippen LogP contribution in [-0.4, -0.2) is 18.1 Å². The van der Waals surface area contributed by atoms with E-state index in [0.29, 0.717) is 0 Å². The molecule has 3 nitrogen and oxygen atoms in total. The van der Waals surface area contributed by atoms with Gasteiger partial charge in [-0.3, -0.25) is 0 Å². The molecule has 1 unspecified atom stereocenters. The minimum Gasteiger partial charge on any atom is -0.493 e. The highest BCUT2D eigenvalue weighted by Crippen LogP contribution is 2.42. The first-order valence-corrected chi connectivity index (χ1v) is 7.62. The topological polar surface area (TPSA) is 34.2 Å². The van der Waals surface area contributed by atoms with Gasteiger partial charge >= 0.3 is 0 Å². The fraction of sp³-hybridized carbons (Fsp3) is 0.400. The van der Waals surface area contributed by atoms with Gasteiger partial charge in [-0.25, -0.2) is 4.98 Å². The quantitative estimate of drug-likeness (QED) is 0.930. The molecule has 1 N–H and O–H groups in total. The predicted molar refractivity (Wildman–Crippen MR) is 77.7 cm³/mol. The molecular weight excluding hydrogens is 256 g/mol. The molecule has 0 amide bonds. The van der Waals surface area contributed by atoms with Gasteiger partial charge in [-0.15, -0.1) is 11.3 Å². The molecule has 0 aliphatic carbocycles. The van der Waals surface area contributed by atoms with Gasteiger partial charge in [0.05, 0.1) is 6.61 Å². The van der Waals surface area contributed by atoms with E-state index in [-0.39, 0.29) is 5.54 Å². The maximum Gasteiger partial charge on any atom is 0.124 e. The molecule has 0 fully saturated rings. The SMILES string of the molecule is CCCNC1(c2nccs2)CCOc2ccccc21. The maximum atomic E-state index is 5.79. The van der Waals surface area contributed by atoms with Crippen LogP contribution in [0.2, 0.25) is 0 Å². The van der Waals surface area contributed by atoms with Gasteiger partial charge < -0.3 is 10.1 Å². The van der Waals surface area contributed by atoms with E-state index < -0.39 is 0 Å². The van der Waals surface area contributed by atoms with Gasteiger partial charge in [-0.1, -0.05) is 25.1 Å². The van der Waals surface area contributed by atoms with Crippen molar-refractivity contribution in [3.63, 3.8) is 0 Å². The molecular formula is C15H18N2OS. The number of ether oxygens (including phenoxy) is 1.